The zero-order valence-corrected chi connectivity index (χ0v) is 11.9. The lowest BCUT2D eigenvalue weighted by atomic mass is 9.95. The molecule has 1 aromatic rings. The number of benzene rings is 1. The van der Waals surface area contributed by atoms with Gasteiger partial charge in [0.25, 0.3) is 0 Å². The molecule has 0 aliphatic carbocycles. The van der Waals surface area contributed by atoms with Crippen molar-refractivity contribution in [2.45, 2.75) is 51.7 Å². The molecule has 1 heterocycles. The molecule has 2 heteroatoms. The minimum atomic E-state index is 0.601. The lowest BCUT2D eigenvalue weighted by Crippen LogP contribution is -2.45. The molecule has 2 atom stereocenters. The SMILES string of the molecule is CCCC(C)N(C)CC1Cc2ccccc2CN1. The summed E-state index contributed by atoms with van der Waals surface area (Å²) in [7, 11) is 2.25. The molecule has 1 aliphatic heterocycles. The summed E-state index contributed by atoms with van der Waals surface area (Å²) in [4.78, 5) is 2.50. The smallest absolute Gasteiger partial charge is 0.0238 e. The highest BCUT2D eigenvalue weighted by atomic mass is 15.1. The highest BCUT2D eigenvalue weighted by molar-refractivity contribution is 5.29. The molecule has 0 spiro atoms. The number of hydrogen-bond donors (Lipinski definition) is 1. The second-order valence-corrected chi connectivity index (χ2v) is 5.63. The van der Waals surface area contributed by atoms with Gasteiger partial charge >= 0.3 is 0 Å². The number of rotatable bonds is 5. The Bertz CT molecular complexity index is 375. The topological polar surface area (TPSA) is 15.3 Å². The van der Waals surface area contributed by atoms with E-state index < -0.39 is 0 Å². The Morgan fingerprint density at radius 1 is 1.33 bits per heavy atom. The van der Waals surface area contributed by atoms with Gasteiger partial charge in [-0.1, -0.05) is 37.6 Å². The van der Waals surface area contributed by atoms with E-state index in [1.54, 1.807) is 0 Å². The highest BCUT2D eigenvalue weighted by Gasteiger charge is 2.20. The summed E-state index contributed by atoms with van der Waals surface area (Å²) in [6.45, 7) is 6.77. The summed E-state index contributed by atoms with van der Waals surface area (Å²) in [6, 6.07) is 10.1. The summed E-state index contributed by atoms with van der Waals surface area (Å²) in [5, 5.41) is 3.66. The van der Waals surface area contributed by atoms with E-state index in [4.69, 9.17) is 0 Å². The number of nitrogens with zero attached hydrogens (tertiary/aromatic N) is 1. The fourth-order valence-electron chi connectivity index (χ4n) is 2.82. The molecule has 0 saturated carbocycles. The van der Waals surface area contributed by atoms with E-state index in [-0.39, 0.29) is 0 Å². The minimum absolute atomic E-state index is 0.601. The zero-order valence-electron chi connectivity index (χ0n) is 11.9. The van der Waals surface area contributed by atoms with Gasteiger partial charge in [0, 0.05) is 25.2 Å². The van der Waals surface area contributed by atoms with E-state index in [0.717, 1.165) is 13.1 Å². The van der Waals surface area contributed by atoms with Crippen LogP contribution in [-0.2, 0) is 13.0 Å². The van der Waals surface area contributed by atoms with Crippen LogP contribution in [0.25, 0.3) is 0 Å². The lowest BCUT2D eigenvalue weighted by molar-refractivity contribution is 0.214. The lowest BCUT2D eigenvalue weighted by Gasteiger charge is -2.32. The predicted molar refractivity (Wildman–Crippen MR) is 77.8 cm³/mol. The van der Waals surface area contributed by atoms with Crippen molar-refractivity contribution in [3.05, 3.63) is 35.4 Å². The molecule has 0 aromatic heterocycles. The van der Waals surface area contributed by atoms with E-state index in [0.29, 0.717) is 12.1 Å². The van der Waals surface area contributed by atoms with Crippen LogP contribution in [0.15, 0.2) is 24.3 Å². The third kappa shape index (κ3) is 3.33. The van der Waals surface area contributed by atoms with Crippen LogP contribution in [0.2, 0.25) is 0 Å². The maximum absolute atomic E-state index is 3.66. The standard InChI is InChI=1S/C16H26N2/c1-4-7-13(2)18(3)12-16-10-14-8-5-6-9-15(14)11-17-16/h5-6,8-9,13,16-17H,4,7,10-12H2,1-3H3. The van der Waals surface area contributed by atoms with Crippen LogP contribution >= 0.6 is 0 Å². The van der Waals surface area contributed by atoms with Gasteiger partial charge in [0.05, 0.1) is 0 Å². The molecule has 0 fully saturated rings. The van der Waals surface area contributed by atoms with Crippen molar-refractivity contribution in [1.29, 1.82) is 0 Å². The molecule has 18 heavy (non-hydrogen) atoms. The van der Waals surface area contributed by atoms with Crippen molar-refractivity contribution in [2.75, 3.05) is 13.6 Å². The maximum Gasteiger partial charge on any atom is 0.0238 e. The quantitative estimate of drug-likeness (QED) is 0.859. The Balaban J connectivity index is 1.89. The van der Waals surface area contributed by atoms with Crippen LogP contribution in [0.4, 0.5) is 0 Å². The first-order valence-electron chi connectivity index (χ1n) is 7.21. The molecule has 2 nitrogen and oxygen atoms in total. The number of fused-ring (bicyclic) bond motifs is 1. The Kier molecular flexibility index (Phi) is 4.79. The van der Waals surface area contributed by atoms with Crippen LogP contribution in [0.3, 0.4) is 0 Å². The molecule has 0 radical (unpaired) electrons. The third-order valence-electron chi connectivity index (χ3n) is 4.13. The first-order chi connectivity index (χ1) is 8.70. The number of likely N-dealkylation sites (N-methyl/N-ethyl adjacent to an activating group) is 1. The normalized spacial score (nSPS) is 20.8. The second kappa shape index (κ2) is 6.35. The molecular weight excluding hydrogens is 220 g/mol. The van der Waals surface area contributed by atoms with Crippen molar-refractivity contribution in [3.8, 4) is 0 Å². The Morgan fingerprint density at radius 2 is 2.06 bits per heavy atom. The summed E-state index contributed by atoms with van der Waals surface area (Å²) in [5.41, 5.74) is 3.00. The molecule has 0 bridgehead atoms. The molecule has 2 rings (SSSR count). The van der Waals surface area contributed by atoms with Gasteiger partial charge in [0.2, 0.25) is 0 Å². The van der Waals surface area contributed by atoms with Crippen LogP contribution in [0, 0.1) is 0 Å². The van der Waals surface area contributed by atoms with Crippen molar-refractivity contribution < 1.29 is 0 Å². The number of nitrogens with one attached hydrogen (secondary N) is 1. The van der Waals surface area contributed by atoms with Gasteiger partial charge in [-0.25, -0.2) is 0 Å². The Labute approximate surface area is 111 Å². The second-order valence-electron chi connectivity index (χ2n) is 5.63. The largest absolute Gasteiger partial charge is 0.308 e. The van der Waals surface area contributed by atoms with Crippen molar-refractivity contribution >= 4 is 0 Å². The average molecular weight is 246 g/mol. The maximum atomic E-state index is 3.66. The summed E-state index contributed by atoms with van der Waals surface area (Å²) < 4.78 is 0. The Morgan fingerprint density at radius 3 is 2.78 bits per heavy atom. The molecular formula is C16H26N2. The van der Waals surface area contributed by atoms with Gasteiger partial charge in [0.1, 0.15) is 0 Å². The van der Waals surface area contributed by atoms with Gasteiger partial charge in [-0.2, -0.15) is 0 Å². The van der Waals surface area contributed by atoms with Crippen LogP contribution in [0.1, 0.15) is 37.8 Å². The summed E-state index contributed by atoms with van der Waals surface area (Å²) >= 11 is 0. The summed E-state index contributed by atoms with van der Waals surface area (Å²) in [5.74, 6) is 0. The van der Waals surface area contributed by atoms with E-state index in [1.165, 1.54) is 30.4 Å². The number of hydrogen-bond acceptors (Lipinski definition) is 2. The predicted octanol–water partition coefficient (Wildman–Crippen LogP) is 2.82. The van der Waals surface area contributed by atoms with Gasteiger partial charge in [-0.05, 0) is 37.9 Å². The van der Waals surface area contributed by atoms with E-state index in [2.05, 4.69) is 55.4 Å². The molecule has 1 aromatic carbocycles. The molecule has 0 amide bonds. The zero-order chi connectivity index (χ0) is 13.0. The summed E-state index contributed by atoms with van der Waals surface area (Å²) in [6.07, 6.45) is 3.73. The van der Waals surface area contributed by atoms with Crippen LogP contribution in [0.5, 0.6) is 0 Å². The van der Waals surface area contributed by atoms with Gasteiger partial charge < -0.3 is 10.2 Å². The molecule has 1 N–H and O–H groups in total. The Hall–Kier alpha value is -0.860. The monoisotopic (exact) mass is 246 g/mol. The average Bonchev–Trinajstić information content (AvgIpc) is 2.39. The highest BCUT2D eigenvalue weighted by Crippen LogP contribution is 2.17. The van der Waals surface area contributed by atoms with Gasteiger partial charge in [0.15, 0.2) is 0 Å². The van der Waals surface area contributed by atoms with Gasteiger partial charge in [-0.15, -0.1) is 0 Å². The third-order valence-corrected chi connectivity index (χ3v) is 4.13. The molecule has 0 saturated heterocycles. The fraction of sp³-hybridized carbons (Fsp3) is 0.625. The van der Waals surface area contributed by atoms with Crippen molar-refractivity contribution in [3.63, 3.8) is 0 Å². The fourth-order valence-corrected chi connectivity index (χ4v) is 2.82. The van der Waals surface area contributed by atoms with E-state index in [9.17, 15) is 0 Å². The van der Waals surface area contributed by atoms with Crippen LogP contribution in [-0.4, -0.2) is 30.6 Å². The van der Waals surface area contributed by atoms with Crippen LogP contribution < -0.4 is 5.32 Å². The van der Waals surface area contributed by atoms with E-state index >= 15 is 0 Å². The molecule has 1 aliphatic rings. The minimum Gasteiger partial charge on any atom is -0.308 e. The first-order valence-corrected chi connectivity index (χ1v) is 7.21. The molecule has 2 unspecified atom stereocenters. The van der Waals surface area contributed by atoms with Crippen molar-refractivity contribution in [2.24, 2.45) is 0 Å². The van der Waals surface area contributed by atoms with Crippen molar-refractivity contribution in [1.82, 2.24) is 10.2 Å². The molecule has 100 valence electrons. The first kappa shape index (κ1) is 13.6. The van der Waals surface area contributed by atoms with Gasteiger partial charge in [-0.3, -0.25) is 0 Å². The van der Waals surface area contributed by atoms with E-state index in [1.807, 2.05) is 0 Å².